The molecule has 2 saturated heterocycles. The summed E-state index contributed by atoms with van der Waals surface area (Å²) in [6.07, 6.45) is 8.25. The highest BCUT2D eigenvalue weighted by molar-refractivity contribution is 5.94. The van der Waals surface area contributed by atoms with Gasteiger partial charge in [-0.1, -0.05) is 66.7 Å². The number of rotatable bonds is 13. The number of aromatic nitrogens is 3. The van der Waals surface area contributed by atoms with Crippen LogP contribution in [0.15, 0.2) is 101 Å². The van der Waals surface area contributed by atoms with Crippen LogP contribution in [-0.4, -0.2) is 139 Å². The number of benzene rings is 3. The van der Waals surface area contributed by atoms with Crippen molar-refractivity contribution in [1.82, 2.24) is 34.1 Å². The number of aliphatic imine (C=N–C) groups is 2. The highest BCUT2D eigenvalue weighted by Gasteiger charge is 2.16. The first-order chi connectivity index (χ1) is 25.1. The van der Waals surface area contributed by atoms with E-state index >= 15 is 0 Å². The van der Waals surface area contributed by atoms with Crippen molar-refractivity contribution in [2.24, 2.45) is 9.98 Å². The first-order valence-corrected chi connectivity index (χ1v) is 18.6. The summed E-state index contributed by atoms with van der Waals surface area (Å²) in [6.45, 7) is 13.2. The number of nitrogens with zero attached hydrogens (tertiary/aromatic N) is 9. The van der Waals surface area contributed by atoms with E-state index in [1.807, 2.05) is 18.5 Å². The normalized spacial score (nSPS) is 17.0. The monoisotopic (exact) mass is 681 g/mol. The minimum Gasteiger partial charge on any atom is -0.304 e. The second-order valence-electron chi connectivity index (χ2n) is 14.0. The molecule has 7 rings (SSSR count). The van der Waals surface area contributed by atoms with Gasteiger partial charge in [-0.2, -0.15) is 0 Å². The van der Waals surface area contributed by atoms with Crippen molar-refractivity contribution in [1.29, 1.82) is 0 Å². The maximum atomic E-state index is 5.17. The molecule has 0 atom stereocenters. The lowest BCUT2D eigenvalue weighted by Gasteiger charge is -2.32. The number of hydrogen-bond acceptors (Lipinski definition) is 8. The molecule has 0 bridgehead atoms. The molecule has 2 aliphatic heterocycles. The van der Waals surface area contributed by atoms with Crippen molar-refractivity contribution in [3.63, 3.8) is 0 Å². The zero-order valence-corrected chi connectivity index (χ0v) is 30.2. The Morgan fingerprint density at radius 1 is 0.588 bits per heavy atom. The zero-order valence-electron chi connectivity index (χ0n) is 30.2. The fourth-order valence-corrected chi connectivity index (χ4v) is 6.86. The van der Waals surface area contributed by atoms with Crippen molar-refractivity contribution >= 4 is 23.5 Å². The fourth-order valence-electron chi connectivity index (χ4n) is 6.86. The highest BCUT2D eigenvalue weighted by atomic mass is 15.2. The molecule has 0 unspecified atom stereocenters. The van der Waals surface area contributed by atoms with Crippen LogP contribution in [0.4, 0.5) is 0 Å². The van der Waals surface area contributed by atoms with E-state index in [1.54, 1.807) is 0 Å². The molecule has 51 heavy (non-hydrogen) atoms. The third-order valence-corrected chi connectivity index (χ3v) is 10.1. The quantitative estimate of drug-likeness (QED) is 0.115. The maximum Gasteiger partial charge on any atom is 0.162 e. The van der Waals surface area contributed by atoms with Gasteiger partial charge in [0.1, 0.15) is 5.65 Å². The summed E-state index contributed by atoms with van der Waals surface area (Å²) in [5.74, 6) is 0.704. The number of fused-ring (bicyclic) bond motifs is 1. The molecule has 2 fully saturated rings. The predicted molar refractivity (Wildman–Crippen MR) is 212 cm³/mol. The molecule has 0 spiro atoms. The standard InChI is InChI=1S/C42H51N9/c1-47-24-28-49(29-25-47)21-6-19-43-32-34-10-14-36(15-11-34)40-39-18-23-51(38-8-4-3-5-9-38)42(39)46-41(45-40)37-16-12-35(13-17-37)33-44-20-7-22-50-30-26-48(2)27-31-50/h3-5,8-18,23,32-33H,6-7,19-22,24-31H2,1-2H3/b43-32-,44-33+. The van der Waals surface area contributed by atoms with Crippen molar-refractivity contribution in [2.75, 3.05) is 92.6 Å². The van der Waals surface area contributed by atoms with Crippen LogP contribution in [-0.2, 0) is 0 Å². The summed E-state index contributed by atoms with van der Waals surface area (Å²) in [5.41, 5.74) is 7.10. The molecule has 0 amide bonds. The van der Waals surface area contributed by atoms with E-state index in [2.05, 4.69) is 123 Å². The molecule has 2 aromatic heterocycles. The number of likely N-dealkylation sites (N-methyl/N-ethyl adjacent to an activating group) is 2. The number of para-hydroxylation sites is 1. The SMILES string of the molecule is CN1CCN(CCC/N=C\c2ccc(-c3nc(-c4ccc(/C=N/CCCN5CCN(C)CC5)cc4)nc4c3ccn4-c3ccccc3)cc2)CC1. The third-order valence-electron chi connectivity index (χ3n) is 10.1. The van der Waals surface area contributed by atoms with E-state index in [0.29, 0.717) is 5.82 Å². The van der Waals surface area contributed by atoms with Crippen LogP contribution in [0.2, 0.25) is 0 Å². The summed E-state index contributed by atoms with van der Waals surface area (Å²) in [7, 11) is 4.40. The minimum atomic E-state index is 0.704. The van der Waals surface area contributed by atoms with Crippen LogP contribution in [0.5, 0.6) is 0 Å². The van der Waals surface area contributed by atoms with E-state index < -0.39 is 0 Å². The van der Waals surface area contributed by atoms with Crippen LogP contribution in [0.25, 0.3) is 39.4 Å². The average Bonchev–Trinajstić information content (AvgIpc) is 3.61. The molecule has 9 heteroatoms. The van der Waals surface area contributed by atoms with Gasteiger partial charge in [-0.3, -0.25) is 9.98 Å². The predicted octanol–water partition coefficient (Wildman–Crippen LogP) is 5.87. The van der Waals surface area contributed by atoms with E-state index in [1.165, 1.54) is 0 Å². The lowest BCUT2D eigenvalue weighted by atomic mass is 10.1. The second kappa shape index (κ2) is 17.1. The molecular formula is C42H51N9. The Morgan fingerprint density at radius 2 is 1.12 bits per heavy atom. The highest BCUT2D eigenvalue weighted by Crippen LogP contribution is 2.31. The van der Waals surface area contributed by atoms with Crippen LogP contribution in [0, 0.1) is 0 Å². The average molecular weight is 682 g/mol. The lowest BCUT2D eigenvalue weighted by molar-refractivity contribution is 0.153. The van der Waals surface area contributed by atoms with Gasteiger partial charge in [0.2, 0.25) is 0 Å². The van der Waals surface area contributed by atoms with Crippen LogP contribution >= 0.6 is 0 Å². The summed E-state index contributed by atoms with van der Waals surface area (Å²) in [4.78, 5) is 29.7. The van der Waals surface area contributed by atoms with Crippen LogP contribution < -0.4 is 0 Å². The van der Waals surface area contributed by atoms with Gasteiger partial charge in [-0.05, 0) is 69.4 Å². The van der Waals surface area contributed by atoms with E-state index in [0.717, 1.165) is 136 Å². The van der Waals surface area contributed by atoms with E-state index in [9.17, 15) is 0 Å². The van der Waals surface area contributed by atoms with Crippen LogP contribution in [0.3, 0.4) is 0 Å². The van der Waals surface area contributed by atoms with Crippen molar-refractivity contribution in [3.8, 4) is 28.3 Å². The fraction of sp³-hybridized carbons (Fsp3) is 0.381. The Balaban J connectivity index is 1.05. The van der Waals surface area contributed by atoms with Gasteiger partial charge in [0.15, 0.2) is 5.82 Å². The molecular weight excluding hydrogens is 631 g/mol. The first kappa shape index (κ1) is 34.9. The van der Waals surface area contributed by atoms with Crippen molar-refractivity contribution < 1.29 is 0 Å². The van der Waals surface area contributed by atoms with Gasteiger partial charge in [0.25, 0.3) is 0 Å². The molecule has 3 aromatic carbocycles. The third kappa shape index (κ3) is 9.23. The van der Waals surface area contributed by atoms with Gasteiger partial charge >= 0.3 is 0 Å². The molecule has 0 radical (unpaired) electrons. The van der Waals surface area contributed by atoms with Gasteiger partial charge in [0, 0.05) is 106 Å². The largest absolute Gasteiger partial charge is 0.304 e. The van der Waals surface area contributed by atoms with Gasteiger partial charge in [0.05, 0.1) is 5.69 Å². The summed E-state index contributed by atoms with van der Waals surface area (Å²) in [6, 6.07) is 29.5. The van der Waals surface area contributed by atoms with E-state index in [-0.39, 0.29) is 0 Å². The topological polar surface area (TPSA) is 68.4 Å². The van der Waals surface area contributed by atoms with Gasteiger partial charge in [-0.25, -0.2) is 9.97 Å². The summed E-state index contributed by atoms with van der Waals surface area (Å²) < 4.78 is 2.15. The Morgan fingerprint density at radius 3 is 1.67 bits per heavy atom. The number of piperazine rings is 2. The summed E-state index contributed by atoms with van der Waals surface area (Å²) in [5, 5.41) is 1.02. The van der Waals surface area contributed by atoms with Crippen molar-refractivity contribution in [3.05, 3.63) is 102 Å². The molecule has 0 saturated carbocycles. The number of hydrogen-bond donors (Lipinski definition) is 0. The lowest BCUT2D eigenvalue weighted by Crippen LogP contribution is -2.44. The minimum absolute atomic E-state index is 0.704. The first-order valence-electron chi connectivity index (χ1n) is 18.6. The molecule has 0 N–H and O–H groups in total. The molecule has 9 nitrogen and oxygen atoms in total. The van der Waals surface area contributed by atoms with Gasteiger partial charge in [-0.15, -0.1) is 0 Å². The molecule has 4 heterocycles. The zero-order chi connectivity index (χ0) is 34.8. The Labute approximate surface area is 303 Å². The Kier molecular flexibility index (Phi) is 11.7. The molecule has 0 aliphatic carbocycles. The van der Waals surface area contributed by atoms with E-state index in [4.69, 9.17) is 20.0 Å². The molecule has 2 aliphatic rings. The van der Waals surface area contributed by atoms with Crippen LogP contribution in [0.1, 0.15) is 24.0 Å². The Hall–Kier alpha value is -4.54. The molecule has 5 aromatic rings. The maximum absolute atomic E-state index is 5.17. The van der Waals surface area contributed by atoms with Crippen molar-refractivity contribution in [2.45, 2.75) is 12.8 Å². The summed E-state index contributed by atoms with van der Waals surface area (Å²) >= 11 is 0. The Bertz CT molecular complexity index is 1880. The second-order valence-corrected chi connectivity index (χ2v) is 14.0. The smallest absolute Gasteiger partial charge is 0.162 e. The molecule has 264 valence electrons. The van der Waals surface area contributed by atoms with Gasteiger partial charge < -0.3 is 24.2 Å².